The van der Waals surface area contributed by atoms with E-state index in [2.05, 4.69) is 15.1 Å². The standard InChI is InChI=1S/C24H18F3N7O3S/c1-32-20-14-8-12(2-4-16(14)31-21(28)15(20)10-29-32)22(35)34(33-6-7-37-23(33)36)11-19-30-17-9-13(24(25,26)27)3-5-18(17)38-19/h2-5,8-10H,6-7,11H2,1H3,(H2,28,31). The summed E-state index contributed by atoms with van der Waals surface area (Å²) in [6.07, 6.45) is -3.62. The number of anilines is 1. The highest BCUT2D eigenvalue weighted by Crippen LogP contribution is 2.34. The number of pyridine rings is 1. The Morgan fingerprint density at radius 2 is 1.97 bits per heavy atom. The van der Waals surface area contributed by atoms with Crippen LogP contribution in [0.15, 0.2) is 42.6 Å². The number of carbonyl (C=O) groups is 2. The average molecular weight is 542 g/mol. The summed E-state index contributed by atoms with van der Waals surface area (Å²) in [7, 11) is 1.75. The van der Waals surface area contributed by atoms with Crippen LogP contribution in [0.1, 0.15) is 20.9 Å². The van der Waals surface area contributed by atoms with Crippen molar-refractivity contribution in [3.63, 3.8) is 0 Å². The normalized spacial score (nSPS) is 14.1. The molecule has 5 aromatic rings. The van der Waals surface area contributed by atoms with Gasteiger partial charge in [-0.2, -0.15) is 18.3 Å². The molecule has 2 aromatic carbocycles. The number of thiazole rings is 1. The molecule has 0 spiro atoms. The number of amides is 2. The molecule has 0 atom stereocenters. The van der Waals surface area contributed by atoms with Crippen LogP contribution < -0.4 is 5.73 Å². The van der Waals surface area contributed by atoms with Crippen molar-refractivity contribution < 1.29 is 27.5 Å². The van der Waals surface area contributed by atoms with E-state index in [-0.39, 0.29) is 30.8 Å². The van der Waals surface area contributed by atoms with Gasteiger partial charge in [-0.1, -0.05) is 0 Å². The molecule has 6 rings (SSSR count). The lowest BCUT2D eigenvalue weighted by Crippen LogP contribution is -2.46. The number of cyclic esters (lactones) is 1. The maximum absolute atomic E-state index is 13.8. The van der Waals surface area contributed by atoms with E-state index >= 15 is 0 Å². The zero-order chi connectivity index (χ0) is 26.8. The Hall–Kier alpha value is -4.46. The predicted octanol–water partition coefficient (Wildman–Crippen LogP) is 4.34. The van der Waals surface area contributed by atoms with Crippen molar-refractivity contribution in [2.45, 2.75) is 12.7 Å². The quantitative estimate of drug-likeness (QED) is 0.359. The van der Waals surface area contributed by atoms with Gasteiger partial charge in [-0.3, -0.25) is 9.48 Å². The Labute approximate surface area is 216 Å². The Bertz CT molecular complexity index is 1760. The van der Waals surface area contributed by atoms with Crippen molar-refractivity contribution in [1.82, 2.24) is 29.8 Å². The number of rotatable bonds is 4. The molecule has 0 unspecified atom stereocenters. The molecular formula is C24H18F3N7O3S. The van der Waals surface area contributed by atoms with E-state index in [4.69, 9.17) is 10.5 Å². The van der Waals surface area contributed by atoms with Crippen LogP contribution in [0.4, 0.5) is 23.8 Å². The zero-order valence-electron chi connectivity index (χ0n) is 19.7. The number of aromatic nitrogens is 4. The lowest BCUT2D eigenvalue weighted by molar-refractivity contribution is -0.137. The van der Waals surface area contributed by atoms with Crippen LogP contribution in [-0.4, -0.2) is 54.9 Å². The maximum atomic E-state index is 13.8. The number of carbonyl (C=O) groups excluding carboxylic acids is 2. The van der Waals surface area contributed by atoms with Crippen LogP contribution in [0.5, 0.6) is 0 Å². The lowest BCUT2D eigenvalue weighted by atomic mass is 10.1. The predicted molar refractivity (Wildman–Crippen MR) is 133 cm³/mol. The molecule has 0 aliphatic carbocycles. The SMILES string of the molecule is Cn1ncc2c(N)nc3ccc(C(=O)N(Cc4nc5cc(C(F)(F)F)ccc5s4)N4CCOC4=O)cc3c21. The molecule has 38 heavy (non-hydrogen) atoms. The summed E-state index contributed by atoms with van der Waals surface area (Å²) >= 11 is 1.14. The van der Waals surface area contributed by atoms with E-state index in [1.807, 2.05) is 0 Å². The second-order valence-electron chi connectivity index (χ2n) is 8.65. The second kappa shape index (κ2) is 8.55. The first-order valence-electron chi connectivity index (χ1n) is 11.3. The van der Waals surface area contributed by atoms with E-state index < -0.39 is 23.7 Å². The first-order valence-corrected chi connectivity index (χ1v) is 12.2. The van der Waals surface area contributed by atoms with E-state index in [1.165, 1.54) is 16.1 Å². The Balaban J connectivity index is 1.40. The third kappa shape index (κ3) is 3.93. The van der Waals surface area contributed by atoms with Crippen molar-refractivity contribution in [2.24, 2.45) is 7.05 Å². The van der Waals surface area contributed by atoms with Crippen molar-refractivity contribution in [1.29, 1.82) is 0 Å². The Morgan fingerprint density at radius 1 is 1.16 bits per heavy atom. The molecule has 14 heteroatoms. The number of fused-ring (bicyclic) bond motifs is 4. The zero-order valence-corrected chi connectivity index (χ0v) is 20.5. The summed E-state index contributed by atoms with van der Waals surface area (Å²) in [6, 6.07) is 8.17. The Kier molecular flexibility index (Phi) is 5.38. The van der Waals surface area contributed by atoms with Gasteiger partial charge in [-0.05, 0) is 36.4 Å². The maximum Gasteiger partial charge on any atom is 0.429 e. The van der Waals surface area contributed by atoms with E-state index in [0.29, 0.717) is 37.3 Å². The van der Waals surface area contributed by atoms with Crippen LogP contribution >= 0.6 is 11.3 Å². The summed E-state index contributed by atoms with van der Waals surface area (Å²) in [5.74, 6) is -0.209. The summed E-state index contributed by atoms with van der Waals surface area (Å²) in [5, 5.41) is 8.24. The van der Waals surface area contributed by atoms with Gasteiger partial charge in [0.25, 0.3) is 5.91 Å². The number of alkyl halides is 3. The fourth-order valence-electron chi connectivity index (χ4n) is 4.46. The van der Waals surface area contributed by atoms with Gasteiger partial charge in [0.2, 0.25) is 0 Å². The highest BCUT2D eigenvalue weighted by Gasteiger charge is 2.34. The minimum Gasteiger partial charge on any atom is -0.446 e. The topological polar surface area (TPSA) is 119 Å². The van der Waals surface area contributed by atoms with Crippen LogP contribution in [0.3, 0.4) is 0 Å². The first kappa shape index (κ1) is 23.9. The monoisotopic (exact) mass is 541 g/mol. The molecule has 10 nitrogen and oxygen atoms in total. The van der Waals surface area contributed by atoms with E-state index in [0.717, 1.165) is 23.5 Å². The van der Waals surface area contributed by atoms with Crippen molar-refractivity contribution in [3.05, 3.63) is 58.7 Å². The number of hydrogen-bond acceptors (Lipinski definition) is 8. The molecule has 2 N–H and O–H groups in total. The summed E-state index contributed by atoms with van der Waals surface area (Å²) in [6.45, 7) is 0.0765. The number of hydrazine groups is 1. The summed E-state index contributed by atoms with van der Waals surface area (Å²) in [4.78, 5) is 34.9. The van der Waals surface area contributed by atoms with E-state index in [9.17, 15) is 22.8 Å². The van der Waals surface area contributed by atoms with Gasteiger partial charge < -0.3 is 10.5 Å². The highest BCUT2D eigenvalue weighted by molar-refractivity contribution is 7.18. The number of ether oxygens (including phenoxy) is 1. The number of aryl methyl sites for hydroxylation is 1. The molecule has 1 fully saturated rings. The third-order valence-corrected chi connectivity index (χ3v) is 7.28. The van der Waals surface area contributed by atoms with Crippen molar-refractivity contribution in [2.75, 3.05) is 18.9 Å². The minimum absolute atomic E-state index is 0.0912. The van der Waals surface area contributed by atoms with Gasteiger partial charge in [0, 0.05) is 18.0 Å². The van der Waals surface area contributed by atoms with Gasteiger partial charge in [0.1, 0.15) is 17.4 Å². The number of nitrogens with two attached hydrogens (primary N) is 1. The number of nitrogens with zero attached hydrogens (tertiary/aromatic N) is 6. The molecule has 1 aliphatic rings. The van der Waals surface area contributed by atoms with Crippen LogP contribution in [-0.2, 0) is 24.5 Å². The number of hydrogen-bond donors (Lipinski definition) is 1. The summed E-state index contributed by atoms with van der Waals surface area (Å²) in [5.41, 5.74) is 6.92. The van der Waals surface area contributed by atoms with Crippen LogP contribution in [0.25, 0.3) is 32.0 Å². The molecule has 0 saturated carbocycles. The summed E-state index contributed by atoms with van der Waals surface area (Å²) < 4.78 is 46.7. The van der Waals surface area contributed by atoms with Crippen molar-refractivity contribution in [3.8, 4) is 0 Å². The van der Waals surface area contributed by atoms with Crippen LogP contribution in [0.2, 0.25) is 0 Å². The molecule has 1 aliphatic heterocycles. The minimum atomic E-state index is -4.51. The number of halogens is 3. The molecule has 0 radical (unpaired) electrons. The molecule has 4 heterocycles. The van der Waals surface area contributed by atoms with Gasteiger partial charge >= 0.3 is 12.3 Å². The lowest BCUT2D eigenvalue weighted by Gasteiger charge is -2.29. The smallest absolute Gasteiger partial charge is 0.429 e. The first-order chi connectivity index (χ1) is 18.1. The Morgan fingerprint density at radius 3 is 2.71 bits per heavy atom. The van der Waals surface area contributed by atoms with Crippen molar-refractivity contribution >= 4 is 61.2 Å². The van der Waals surface area contributed by atoms with Gasteiger partial charge in [0.15, 0.2) is 0 Å². The number of nitrogen functional groups attached to an aromatic ring is 1. The van der Waals surface area contributed by atoms with Crippen LogP contribution in [0, 0.1) is 0 Å². The highest BCUT2D eigenvalue weighted by atomic mass is 32.1. The fourth-order valence-corrected chi connectivity index (χ4v) is 5.39. The molecule has 3 aromatic heterocycles. The molecule has 1 saturated heterocycles. The van der Waals surface area contributed by atoms with Gasteiger partial charge in [-0.25, -0.2) is 24.8 Å². The molecule has 0 bridgehead atoms. The third-order valence-electron chi connectivity index (χ3n) is 6.26. The molecule has 194 valence electrons. The fraction of sp³-hybridized carbons (Fsp3) is 0.208. The average Bonchev–Trinajstić information content (AvgIpc) is 3.59. The largest absolute Gasteiger partial charge is 0.446 e. The number of benzene rings is 2. The second-order valence-corrected chi connectivity index (χ2v) is 9.76. The molecule has 2 amide bonds. The molecular weight excluding hydrogens is 523 g/mol. The van der Waals surface area contributed by atoms with Gasteiger partial charge in [-0.15, -0.1) is 11.3 Å². The van der Waals surface area contributed by atoms with E-state index in [1.54, 1.807) is 36.1 Å². The van der Waals surface area contributed by atoms with Gasteiger partial charge in [0.05, 0.1) is 51.5 Å².